The van der Waals surface area contributed by atoms with Crippen LogP contribution in [-0.2, 0) is 14.7 Å². The van der Waals surface area contributed by atoms with Crippen LogP contribution >= 0.6 is 0 Å². The molecule has 0 aliphatic carbocycles. The van der Waals surface area contributed by atoms with Gasteiger partial charge in [0.05, 0.1) is 12.0 Å². The number of nitrogens with one attached hydrogen (secondary N) is 1. The monoisotopic (exact) mass is 359 g/mol. The van der Waals surface area contributed by atoms with E-state index in [9.17, 15) is 17.8 Å². The first-order valence-electron chi connectivity index (χ1n) is 7.71. The van der Waals surface area contributed by atoms with Crippen LogP contribution < -0.4 is 5.32 Å². The van der Waals surface area contributed by atoms with Gasteiger partial charge >= 0.3 is 7.46 Å². The number of nitrogens with zero attached hydrogens (tertiary/aromatic N) is 4. The van der Waals surface area contributed by atoms with E-state index < -0.39 is 28.5 Å². The van der Waals surface area contributed by atoms with E-state index in [2.05, 4.69) is 19.8 Å². The molecule has 1 N–H and O–H groups in total. The summed E-state index contributed by atoms with van der Waals surface area (Å²) in [6.45, 7) is 1.93. The molecule has 0 aromatic carbocycles. The van der Waals surface area contributed by atoms with Crippen LogP contribution in [0.1, 0.15) is 44.4 Å². The Morgan fingerprint density at radius 1 is 1.29 bits per heavy atom. The quantitative estimate of drug-likeness (QED) is 0.561. The van der Waals surface area contributed by atoms with E-state index >= 15 is 0 Å². The molecule has 3 aliphatic rings. The zero-order valence-electron chi connectivity index (χ0n) is 13.6. The first kappa shape index (κ1) is 15.7. The standard InChI is InChI=1S/C12H17N5O6S/c18-12-16-6-8(17(12)23-24(19,20)21)1-2-9(16)11-15-14-10(22-11)7-3-4-13-5-7/h7-9,13H,1-6H2,(H,19,20,21)/t7-,8+,9-/m0/s1. The molecular formula is C12H17N5O6S. The van der Waals surface area contributed by atoms with Gasteiger partial charge in [0.1, 0.15) is 6.04 Å². The molecule has 3 atom stereocenters. The predicted molar refractivity (Wildman–Crippen MR) is 76.1 cm³/mol. The number of piperidine rings is 1. The maximum atomic E-state index is 12.3. The number of hydroxylamine groups is 2. The van der Waals surface area contributed by atoms with Crippen molar-refractivity contribution in [2.45, 2.75) is 37.3 Å². The molecule has 2 amide bonds. The van der Waals surface area contributed by atoms with Crippen LogP contribution in [0.15, 0.2) is 4.42 Å². The molecule has 132 valence electrons. The SMILES string of the molecule is O=C1N2C[C@@H](CC[C@H]2c2nnc([C@H]3CCNC3)o2)N1OS(=O)(=O)[O-].[H+]. The number of aromatic nitrogens is 2. The lowest BCUT2D eigenvalue weighted by Crippen LogP contribution is -2.35. The van der Waals surface area contributed by atoms with Gasteiger partial charge < -0.3 is 19.2 Å². The van der Waals surface area contributed by atoms with E-state index in [1.165, 1.54) is 4.90 Å². The maximum Gasteiger partial charge on any atom is 1.00 e. The van der Waals surface area contributed by atoms with Crippen molar-refractivity contribution in [3.63, 3.8) is 0 Å². The van der Waals surface area contributed by atoms with Gasteiger partial charge in [0.25, 0.3) is 0 Å². The van der Waals surface area contributed by atoms with Crippen molar-refractivity contribution in [3.05, 3.63) is 11.8 Å². The molecule has 3 saturated heterocycles. The Balaban J connectivity index is 0.00000182. The number of hydrogen-bond donors (Lipinski definition) is 1. The Morgan fingerprint density at radius 3 is 2.79 bits per heavy atom. The molecule has 24 heavy (non-hydrogen) atoms. The average Bonchev–Trinajstić information content (AvgIpc) is 3.24. The van der Waals surface area contributed by atoms with Gasteiger partial charge in [-0.1, -0.05) is 0 Å². The van der Waals surface area contributed by atoms with Gasteiger partial charge in [0.15, 0.2) is 0 Å². The molecule has 12 heteroatoms. The first-order valence-corrected chi connectivity index (χ1v) is 9.05. The number of hydrogen-bond acceptors (Lipinski definition) is 9. The van der Waals surface area contributed by atoms with Crippen LogP contribution in [0.5, 0.6) is 0 Å². The lowest BCUT2D eigenvalue weighted by atomic mass is 10.0. The minimum Gasteiger partial charge on any atom is -0.724 e. The van der Waals surface area contributed by atoms with Crippen LogP contribution in [-0.4, -0.2) is 64.8 Å². The normalized spacial score (nSPS) is 30.4. The molecule has 2 bridgehead atoms. The van der Waals surface area contributed by atoms with Crippen molar-refractivity contribution in [2.24, 2.45) is 0 Å². The van der Waals surface area contributed by atoms with Gasteiger partial charge in [-0.3, -0.25) is 0 Å². The van der Waals surface area contributed by atoms with Crippen molar-refractivity contribution in [2.75, 3.05) is 19.6 Å². The van der Waals surface area contributed by atoms with Gasteiger partial charge in [-0.05, 0) is 25.8 Å². The summed E-state index contributed by atoms with van der Waals surface area (Å²) >= 11 is 0. The first-order chi connectivity index (χ1) is 11.4. The summed E-state index contributed by atoms with van der Waals surface area (Å²) in [6, 6.07) is -1.59. The molecule has 0 unspecified atom stereocenters. The van der Waals surface area contributed by atoms with E-state index in [0.29, 0.717) is 29.7 Å². The smallest absolute Gasteiger partial charge is 0.724 e. The molecule has 4 heterocycles. The summed E-state index contributed by atoms with van der Waals surface area (Å²) in [5, 5.41) is 12.0. The lowest BCUT2D eigenvalue weighted by Gasteiger charge is -2.27. The van der Waals surface area contributed by atoms with Crippen LogP contribution in [0.3, 0.4) is 0 Å². The minimum atomic E-state index is -5.00. The third-order valence-electron chi connectivity index (χ3n) is 4.65. The molecule has 0 saturated carbocycles. The van der Waals surface area contributed by atoms with Gasteiger partial charge in [0.2, 0.25) is 22.2 Å². The molecule has 1 aromatic heterocycles. The number of urea groups is 1. The summed E-state index contributed by atoms with van der Waals surface area (Å²) in [5.41, 5.74) is 0. The summed E-state index contributed by atoms with van der Waals surface area (Å²) in [6.07, 6.45) is 1.92. The lowest BCUT2D eigenvalue weighted by molar-refractivity contribution is -0.0328. The fourth-order valence-electron chi connectivity index (χ4n) is 3.50. The van der Waals surface area contributed by atoms with Gasteiger partial charge in [0, 0.05) is 13.1 Å². The summed E-state index contributed by atoms with van der Waals surface area (Å²) in [7, 11) is -5.00. The number of amides is 2. The summed E-state index contributed by atoms with van der Waals surface area (Å²) in [4.78, 5) is 13.7. The number of fused-ring (bicyclic) bond motifs is 2. The van der Waals surface area contributed by atoms with Gasteiger partial charge in [-0.15, -0.1) is 10.2 Å². The highest BCUT2D eigenvalue weighted by atomic mass is 32.3. The van der Waals surface area contributed by atoms with Crippen molar-refractivity contribution in [1.82, 2.24) is 25.5 Å². The van der Waals surface area contributed by atoms with Crippen molar-refractivity contribution < 1.29 is 27.9 Å². The highest BCUT2D eigenvalue weighted by Crippen LogP contribution is 2.38. The van der Waals surface area contributed by atoms with Gasteiger partial charge in [-0.2, -0.15) is 9.35 Å². The van der Waals surface area contributed by atoms with E-state index in [1.54, 1.807) is 0 Å². The molecule has 4 rings (SSSR count). The Hall–Kier alpha value is -1.76. The third kappa shape index (κ3) is 2.75. The Morgan fingerprint density at radius 2 is 2.08 bits per heavy atom. The van der Waals surface area contributed by atoms with Crippen molar-refractivity contribution in [1.29, 1.82) is 0 Å². The van der Waals surface area contributed by atoms with Crippen LogP contribution in [0.2, 0.25) is 0 Å². The molecule has 0 radical (unpaired) electrons. The van der Waals surface area contributed by atoms with Gasteiger partial charge in [-0.25, -0.2) is 13.2 Å². The third-order valence-corrected chi connectivity index (χ3v) is 4.99. The second-order valence-electron chi connectivity index (χ2n) is 6.16. The second-order valence-corrected chi connectivity index (χ2v) is 7.12. The molecule has 11 nitrogen and oxygen atoms in total. The van der Waals surface area contributed by atoms with E-state index in [0.717, 1.165) is 19.5 Å². The highest BCUT2D eigenvalue weighted by Gasteiger charge is 2.48. The number of rotatable bonds is 4. The minimum absolute atomic E-state index is 0. The van der Waals surface area contributed by atoms with Crippen LogP contribution in [0.4, 0.5) is 4.79 Å². The predicted octanol–water partition coefficient (Wildman–Crippen LogP) is -0.408. The van der Waals surface area contributed by atoms with E-state index in [-0.39, 0.29) is 13.9 Å². The fourth-order valence-corrected chi connectivity index (χ4v) is 3.88. The topological polar surface area (TPSA) is 141 Å². The average molecular weight is 359 g/mol. The number of carbonyl (C=O) groups is 1. The van der Waals surface area contributed by atoms with Crippen molar-refractivity contribution >= 4 is 16.4 Å². The summed E-state index contributed by atoms with van der Waals surface area (Å²) < 4.78 is 42.4. The van der Waals surface area contributed by atoms with Crippen molar-refractivity contribution in [3.8, 4) is 0 Å². The fraction of sp³-hybridized carbons (Fsp3) is 0.750. The number of carbonyl (C=O) groups excluding carboxylic acids is 1. The Kier molecular flexibility index (Phi) is 3.71. The second kappa shape index (κ2) is 5.65. The zero-order chi connectivity index (χ0) is 16.9. The zero-order valence-corrected chi connectivity index (χ0v) is 13.4. The van der Waals surface area contributed by atoms with E-state index in [4.69, 9.17) is 4.42 Å². The maximum absolute atomic E-state index is 12.3. The molecule has 3 aliphatic heterocycles. The largest absolute Gasteiger partial charge is 1.00 e. The molecular weight excluding hydrogens is 342 g/mol. The molecule has 1 aromatic rings. The highest BCUT2D eigenvalue weighted by molar-refractivity contribution is 7.80. The molecule has 3 fully saturated rings. The van der Waals surface area contributed by atoms with Crippen LogP contribution in [0, 0.1) is 0 Å². The summed E-state index contributed by atoms with van der Waals surface area (Å²) in [5.74, 6) is 1.04. The van der Waals surface area contributed by atoms with E-state index in [1.807, 2.05) is 0 Å². The Bertz CT molecular complexity index is 751. The Labute approximate surface area is 139 Å². The van der Waals surface area contributed by atoms with Crippen LogP contribution in [0.25, 0.3) is 0 Å². The molecule has 0 spiro atoms.